The van der Waals surface area contributed by atoms with Crippen molar-refractivity contribution < 1.29 is 13.5 Å². The number of rotatable bonds is 5. The molecule has 2 nitrogen and oxygen atoms in total. The summed E-state index contributed by atoms with van der Waals surface area (Å²) in [6.45, 7) is 3.89. The second-order valence-electron chi connectivity index (χ2n) is 5.10. The van der Waals surface area contributed by atoms with Crippen molar-refractivity contribution in [2.75, 3.05) is 7.05 Å². The fourth-order valence-electron chi connectivity index (χ4n) is 2.27. The zero-order chi connectivity index (χ0) is 15.4. The van der Waals surface area contributed by atoms with Gasteiger partial charge in [0.25, 0.3) is 0 Å². The van der Waals surface area contributed by atoms with Crippen LogP contribution in [0.1, 0.15) is 31.0 Å². The highest BCUT2D eigenvalue weighted by Gasteiger charge is 2.18. The lowest BCUT2D eigenvalue weighted by Gasteiger charge is -2.22. The maximum atomic E-state index is 13.5. The van der Waals surface area contributed by atoms with Crippen LogP contribution in [0.4, 0.5) is 8.78 Å². The van der Waals surface area contributed by atoms with E-state index < -0.39 is 11.6 Å². The van der Waals surface area contributed by atoms with E-state index >= 15 is 0 Å². The van der Waals surface area contributed by atoms with Gasteiger partial charge in [-0.3, -0.25) is 0 Å². The van der Waals surface area contributed by atoms with Gasteiger partial charge in [-0.25, -0.2) is 8.78 Å². The van der Waals surface area contributed by atoms with Crippen molar-refractivity contribution in [2.24, 2.45) is 0 Å². The average Bonchev–Trinajstić information content (AvgIpc) is 2.44. The molecule has 0 aliphatic rings. The minimum atomic E-state index is -0.852. The summed E-state index contributed by atoms with van der Waals surface area (Å²) in [7, 11) is 1.78. The van der Waals surface area contributed by atoms with Crippen molar-refractivity contribution in [3.63, 3.8) is 0 Å². The molecule has 0 aliphatic carbocycles. The Labute approximate surface area is 123 Å². The van der Waals surface area contributed by atoms with Gasteiger partial charge in [-0.15, -0.1) is 0 Å². The first-order chi connectivity index (χ1) is 10.0. The summed E-state index contributed by atoms with van der Waals surface area (Å²) < 4.78 is 32.4. The third-order valence-electron chi connectivity index (χ3n) is 3.16. The summed E-state index contributed by atoms with van der Waals surface area (Å²) in [6.07, 6.45) is 0.0358. The van der Waals surface area contributed by atoms with E-state index in [9.17, 15) is 8.78 Å². The lowest BCUT2D eigenvalue weighted by Crippen LogP contribution is -2.20. The van der Waals surface area contributed by atoms with E-state index in [-0.39, 0.29) is 12.1 Å². The number of hydrogen-bond acceptors (Lipinski definition) is 2. The number of benzene rings is 2. The highest BCUT2D eigenvalue weighted by molar-refractivity contribution is 5.41. The molecule has 0 radical (unpaired) electrons. The van der Waals surface area contributed by atoms with Gasteiger partial charge in [0.15, 0.2) is 11.6 Å². The van der Waals surface area contributed by atoms with Crippen LogP contribution in [0.15, 0.2) is 42.5 Å². The molecule has 0 aliphatic heterocycles. The van der Waals surface area contributed by atoms with Gasteiger partial charge in [0.2, 0.25) is 0 Å². The van der Waals surface area contributed by atoms with Gasteiger partial charge in [-0.1, -0.05) is 24.3 Å². The van der Waals surface area contributed by atoms with Crippen LogP contribution in [0.25, 0.3) is 0 Å². The van der Waals surface area contributed by atoms with E-state index in [1.54, 1.807) is 13.1 Å². The van der Waals surface area contributed by atoms with E-state index in [1.807, 2.05) is 38.1 Å². The molecule has 0 amide bonds. The van der Waals surface area contributed by atoms with Crippen LogP contribution in [0.3, 0.4) is 0 Å². The summed E-state index contributed by atoms with van der Waals surface area (Å²) >= 11 is 0. The summed E-state index contributed by atoms with van der Waals surface area (Å²) in [5.41, 5.74) is 1.54. The number of halogens is 2. The second-order valence-corrected chi connectivity index (χ2v) is 5.10. The number of nitrogens with one attached hydrogen (secondary N) is 1. The van der Waals surface area contributed by atoms with Crippen LogP contribution < -0.4 is 10.1 Å². The van der Waals surface area contributed by atoms with Crippen LogP contribution in [-0.4, -0.2) is 13.2 Å². The van der Waals surface area contributed by atoms with Gasteiger partial charge in [0.1, 0.15) is 5.75 Å². The molecule has 112 valence electrons. The van der Waals surface area contributed by atoms with Crippen molar-refractivity contribution in [1.82, 2.24) is 5.32 Å². The first kappa shape index (κ1) is 15.4. The Hall–Kier alpha value is -1.94. The maximum Gasteiger partial charge on any atom is 0.159 e. The zero-order valence-electron chi connectivity index (χ0n) is 12.4. The smallest absolute Gasteiger partial charge is 0.159 e. The Balaban J connectivity index is 2.43. The molecule has 2 aromatic rings. The molecule has 2 aromatic carbocycles. The van der Waals surface area contributed by atoms with Crippen molar-refractivity contribution in [1.29, 1.82) is 0 Å². The van der Waals surface area contributed by atoms with E-state index in [1.165, 1.54) is 6.07 Å². The highest BCUT2D eigenvalue weighted by atomic mass is 19.2. The molecule has 0 saturated carbocycles. The van der Waals surface area contributed by atoms with Crippen molar-refractivity contribution in [3.8, 4) is 5.75 Å². The van der Waals surface area contributed by atoms with Crippen LogP contribution in [-0.2, 0) is 0 Å². The summed E-state index contributed by atoms with van der Waals surface area (Å²) in [6, 6.07) is 11.2. The normalized spacial score (nSPS) is 12.5. The molecule has 0 saturated heterocycles. The van der Waals surface area contributed by atoms with Gasteiger partial charge in [0, 0.05) is 5.56 Å². The molecule has 1 N–H and O–H groups in total. The first-order valence-electron chi connectivity index (χ1n) is 6.90. The highest BCUT2D eigenvalue weighted by Crippen LogP contribution is 2.31. The molecule has 0 spiro atoms. The molecule has 1 atom stereocenters. The topological polar surface area (TPSA) is 21.3 Å². The lowest BCUT2D eigenvalue weighted by molar-refractivity contribution is 0.238. The second kappa shape index (κ2) is 6.68. The standard InChI is InChI=1S/C17H19F2NO/c1-11(2)21-16-7-5-4-6-13(16)17(20-3)12-8-9-14(18)15(19)10-12/h4-11,17,20H,1-3H3. The predicted octanol–water partition coefficient (Wildman–Crippen LogP) is 4.06. The van der Waals surface area contributed by atoms with Crippen LogP contribution >= 0.6 is 0 Å². The third-order valence-corrected chi connectivity index (χ3v) is 3.16. The summed E-state index contributed by atoms with van der Waals surface area (Å²) in [5, 5.41) is 3.13. The SMILES string of the molecule is CNC(c1ccc(F)c(F)c1)c1ccccc1OC(C)C. The fraction of sp³-hybridized carbons (Fsp3) is 0.294. The minimum absolute atomic E-state index is 0.0358. The molecule has 1 unspecified atom stereocenters. The van der Waals surface area contributed by atoms with E-state index in [0.717, 1.165) is 17.4 Å². The molecule has 0 fully saturated rings. The van der Waals surface area contributed by atoms with E-state index in [2.05, 4.69) is 5.32 Å². The molecule has 2 rings (SSSR count). The lowest BCUT2D eigenvalue weighted by atomic mass is 9.97. The Morgan fingerprint density at radius 1 is 1.00 bits per heavy atom. The maximum absolute atomic E-state index is 13.5. The van der Waals surface area contributed by atoms with Gasteiger partial charge >= 0.3 is 0 Å². The molecular weight excluding hydrogens is 272 g/mol. The molecule has 4 heteroatoms. The minimum Gasteiger partial charge on any atom is -0.491 e. The third kappa shape index (κ3) is 3.58. The predicted molar refractivity (Wildman–Crippen MR) is 79.5 cm³/mol. The Bertz CT molecular complexity index is 613. The number of hydrogen-bond donors (Lipinski definition) is 1. The quantitative estimate of drug-likeness (QED) is 0.897. The molecule has 21 heavy (non-hydrogen) atoms. The molecule has 0 bridgehead atoms. The molecular formula is C17H19F2NO. The van der Waals surface area contributed by atoms with Crippen LogP contribution in [0, 0.1) is 11.6 Å². The monoisotopic (exact) mass is 291 g/mol. The number of ether oxygens (including phenoxy) is 1. The van der Waals surface area contributed by atoms with Gasteiger partial charge in [-0.05, 0) is 44.7 Å². The Morgan fingerprint density at radius 3 is 2.33 bits per heavy atom. The van der Waals surface area contributed by atoms with Crippen molar-refractivity contribution in [2.45, 2.75) is 26.0 Å². The fourth-order valence-corrected chi connectivity index (χ4v) is 2.27. The summed E-state index contributed by atoms with van der Waals surface area (Å²) in [5.74, 6) is -0.966. The van der Waals surface area contributed by atoms with Gasteiger partial charge < -0.3 is 10.1 Å². The number of para-hydroxylation sites is 1. The molecule has 0 heterocycles. The average molecular weight is 291 g/mol. The van der Waals surface area contributed by atoms with E-state index in [0.29, 0.717) is 5.56 Å². The van der Waals surface area contributed by atoms with Crippen LogP contribution in [0.2, 0.25) is 0 Å². The first-order valence-corrected chi connectivity index (χ1v) is 6.90. The van der Waals surface area contributed by atoms with Crippen molar-refractivity contribution in [3.05, 3.63) is 65.2 Å². The van der Waals surface area contributed by atoms with E-state index in [4.69, 9.17) is 4.74 Å². The Morgan fingerprint density at radius 2 is 1.71 bits per heavy atom. The van der Waals surface area contributed by atoms with Gasteiger partial charge in [-0.2, -0.15) is 0 Å². The zero-order valence-corrected chi connectivity index (χ0v) is 12.4. The van der Waals surface area contributed by atoms with Gasteiger partial charge in [0.05, 0.1) is 12.1 Å². The van der Waals surface area contributed by atoms with Crippen molar-refractivity contribution >= 4 is 0 Å². The Kier molecular flexibility index (Phi) is 4.91. The largest absolute Gasteiger partial charge is 0.491 e. The van der Waals surface area contributed by atoms with Crippen LogP contribution in [0.5, 0.6) is 5.75 Å². The molecule has 0 aromatic heterocycles. The summed E-state index contributed by atoms with van der Waals surface area (Å²) in [4.78, 5) is 0.